The van der Waals surface area contributed by atoms with Crippen LogP contribution in [0.5, 0.6) is 0 Å². The first-order valence-electron chi connectivity index (χ1n) is 5.44. The number of ether oxygens (including phenoxy) is 1. The van der Waals surface area contributed by atoms with E-state index >= 15 is 0 Å². The Bertz CT molecular complexity index is 219. The first-order chi connectivity index (χ1) is 7.56. The summed E-state index contributed by atoms with van der Waals surface area (Å²) in [6, 6.07) is 0. The molecule has 0 spiro atoms. The van der Waals surface area contributed by atoms with E-state index in [1.807, 2.05) is 19.3 Å². The van der Waals surface area contributed by atoms with Crippen LogP contribution in [0.1, 0.15) is 33.1 Å². The van der Waals surface area contributed by atoms with E-state index in [-0.39, 0.29) is 24.3 Å². The van der Waals surface area contributed by atoms with Gasteiger partial charge in [-0.3, -0.25) is 15.0 Å². The molecule has 4 N–H and O–H groups in total. The Labute approximate surface area is 95.9 Å². The number of amides is 2. The van der Waals surface area contributed by atoms with Gasteiger partial charge in [-0.15, -0.1) is 0 Å². The Balaban J connectivity index is 3.35. The monoisotopic (exact) mass is 231 g/mol. The zero-order valence-corrected chi connectivity index (χ0v) is 9.91. The quantitative estimate of drug-likeness (QED) is 0.231. The van der Waals surface area contributed by atoms with Gasteiger partial charge in [0.1, 0.15) is 0 Å². The number of hydrogen-bond acceptors (Lipinski definition) is 4. The largest absolute Gasteiger partial charge is 0.377 e. The summed E-state index contributed by atoms with van der Waals surface area (Å²) in [7, 11) is 0. The second-order valence-corrected chi connectivity index (χ2v) is 3.69. The Kier molecular flexibility index (Phi) is 8.46. The fraction of sp³-hybridized carbons (Fsp3) is 0.800. The van der Waals surface area contributed by atoms with Crippen LogP contribution in [0.2, 0.25) is 0 Å². The summed E-state index contributed by atoms with van der Waals surface area (Å²) in [4.78, 5) is 22.0. The van der Waals surface area contributed by atoms with Gasteiger partial charge in [-0.05, 0) is 20.3 Å². The third-order valence-electron chi connectivity index (χ3n) is 1.84. The van der Waals surface area contributed by atoms with E-state index in [0.29, 0.717) is 26.0 Å². The molecule has 0 heterocycles. The maximum Gasteiger partial charge on any atom is 0.233 e. The third-order valence-corrected chi connectivity index (χ3v) is 1.84. The zero-order valence-electron chi connectivity index (χ0n) is 9.91. The summed E-state index contributed by atoms with van der Waals surface area (Å²) >= 11 is 0. The number of nitrogens with one attached hydrogen (secondary N) is 2. The zero-order chi connectivity index (χ0) is 12.4. The highest BCUT2D eigenvalue weighted by Gasteiger charge is 2.03. The van der Waals surface area contributed by atoms with Crippen LogP contribution in [-0.4, -0.2) is 31.1 Å². The lowest BCUT2D eigenvalue weighted by atomic mass is 10.2. The first kappa shape index (κ1) is 14.9. The van der Waals surface area contributed by atoms with E-state index in [9.17, 15) is 9.59 Å². The van der Waals surface area contributed by atoms with Gasteiger partial charge in [-0.1, -0.05) is 0 Å². The molecule has 6 nitrogen and oxygen atoms in total. The van der Waals surface area contributed by atoms with Gasteiger partial charge in [-0.2, -0.15) is 0 Å². The number of nitrogens with two attached hydrogens (primary N) is 1. The lowest BCUT2D eigenvalue weighted by molar-refractivity contribution is -0.122. The second kappa shape index (κ2) is 9.11. The van der Waals surface area contributed by atoms with Crippen molar-refractivity contribution in [2.45, 2.75) is 39.2 Å². The van der Waals surface area contributed by atoms with Crippen molar-refractivity contribution >= 4 is 11.8 Å². The predicted octanol–water partition coefficient (Wildman–Crippen LogP) is -0.312. The van der Waals surface area contributed by atoms with Crippen LogP contribution >= 0.6 is 0 Å². The van der Waals surface area contributed by atoms with Crippen molar-refractivity contribution in [2.24, 2.45) is 5.84 Å². The minimum atomic E-state index is -0.254. The average molecular weight is 231 g/mol. The van der Waals surface area contributed by atoms with Crippen LogP contribution in [0.4, 0.5) is 0 Å². The van der Waals surface area contributed by atoms with Crippen molar-refractivity contribution in [3.63, 3.8) is 0 Å². The van der Waals surface area contributed by atoms with Crippen LogP contribution in [-0.2, 0) is 14.3 Å². The number of carbonyl (C=O) groups is 2. The molecule has 0 aliphatic heterocycles. The standard InChI is InChI=1S/C10H21N3O3/c1-8(2)16-7-6-12-9(14)4-3-5-10(15)13-11/h8H,3-7,11H2,1-2H3,(H,12,14)(H,13,15). The molecule has 2 amide bonds. The fourth-order valence-corrected chi connectivity index (χ4v) is 1.06. The van der Waals surface area contributed by atoms with Crippen molar-refractivity contribution in [1.82, 2.24) is 10.7 Å². The average Bonchev–Trinajstić information content (AvgIpc) is 2.24. The Morgan fingerprint density at radius 2 is 1.88 bits per heavy atom. The number of hydrogen-bond donors (Lipinski definition) is 3. The highest BCUT2D eigenvalue weighted by atomic mass is 16.5. The Morgan fingerprint density at radius 3 is 2.44 bits per heavy atom. The van der Waals surface area contributed by atoms with Crippen molar-refractivity contribution < 1.29 is 14.3 Å². The molecule has 0 saturated carbocycles. The van der Waals surface area contributed by atoms with Crippen LogP contribution in [0.25, 0.3) is 0 Å². The van der Waals surface area contributed by atoms with Crippen molar-refractivity contribution in [1.29, 1.82) is 0 Å². The molecular formula is C10H21N3O3. The second-order valence-electron chi connectivity index (χ2n) is 3.69. The summed E-state index contributed by atoms with van der Waals surface area (Å²) in [5.74, 6) is 4.57. The van der Waals surface area contributed by atoms with E-state index in [1.54, 1.807) is 0 Å². The van der Waals surface area contributed by atoms with Crippen molar-refractivity contribution in [2.75, 3.05) is 13.2 Å². The maximum absolute atomic E-state index is 11.2. The minimum absolute atomic E-state index is 0.0721. The van der Waals surface area contributed by atoms with Gasteiger partial charge < -0.3 is 10.1 Å². The number of carbonyl (C=O) groups excluding carboxylic acids is 2. The Hall–Kier alpha value is -1.14. The molecule has 0 aliphatic carbocycles. The van der Waals surface area contributed by atoms with E-state index in [4.69, 9.17) is 10.6 Å². The van der Waals surface area contributed by atoms with Crippen LogP contribution in [0.15, 0.2) is 0 Å². The van der Waals surface area contributed by atoms with Crippen molar-refractivity contribution in [3.8, 4) is 0 Å². The molecule has 0 aromatic carbocycles. The topological polar surface area (TPSA) is 93.4 Å². The van der Waals surface area contributed by atoms with Crippen LogP contribution in [0, 0.1) is 0 Å². The molecule has 0 rings (SSSR count). The van der Waals surface area contributed by atoms with Gasteiger partial charge in [-0.25, -0.2) is 5.84 Å². The van der Waals surface area contributed by atoms with Crippen molar-refractivity contribution in [3.05, 3.63) is 0 Å². The van der Waals surface area contributed by atoms with Gasteiger partial charge in [0.15, 0.2) is 0 Å². The molecule has 94 valence electrons. The molecule has 0 radical (unpaired) electrons. The van der Waals surface area contributed by atoms with E-state index in [1.165, 1.54) is 0 Å². The summed E-state index contributed by atoms with van der Waals surface area (Å²) in [5, 5.41) is 2.70. The Morgan fingerprint density at radius 1 is 1.25 bits per heavy atom. The van der Waals surface area contributed by atoms with E-state index in [0.717, 1.165) is 0 Å². The number of hydrazine groups is 1. The first-order valence-corrected chi connectivity index (χ1v) is 5.44. The normalized spacial score (nSPS) is 10.2. The molecule has 0 aromatic heterocycles. The maximum atomic E-state index is 11.2. The third kappa shape index (κ3) is 9.42. The SMILES string of the molecule is CC(C)OCCNC(=O)CCCC(=O)NN. The lowest BCUT2D eigenvalue weighted by Gasteiger charge is -2.08. The summed E-state index contributed by atoms with van der Waals surface area (Å²) in [6.07, 6.45) is 1.27. The highest BCUT2D eigenvalue weighted by Crippen LogP contribution is 1.94. The highest BCUT2D eigenvalue weighted by molar-refractivity contribution is 5.78. The molecule has 0 saturated heterocycles. The molecule has 0 bridgehead atoms. The fourth-order valence-electron chi connectivity index (χ4n) is 1.06. The minimum Gasteiger partial charge on any atom is -0.377 e. The predicted molar refractivity (Wildman–Crippen MR) is 60.3 cm³/mol. The summed E-state index contributed by atoms with van der Waals surface area (Å²) in [5.41, 5.74) is 2.01. The van der Waals surface area contributed by atoms with Gasteiger partial charge in [0.25, 0.3) is 0 Å². The molecule has 0 unspecified atom stereocenters. The lowest BCUT2D eigenvalue weighted by Crippen LogP contribution is -2.31. The van der Waals surface area contributed by atoms with Crippen LogP contribution < -0.4 is 16.6 Å². The van der Waals surface area contributed by atoms with Gasteiger partial charge in [0, 0.05) is 19.4 Å². The van der Waals surface area contributed by atoms with Crippen LogP contribution in [0.3, 0.4) is 0 Å². The molecule has 0 fully saturated rings. The molecular weight excluding hydrogens is 210 g/mol. The van der Waals surface area contributed by atoms with Gasteiger partial charge in [0.2, 0.25) is 11.8 Å². The molecule has 16 heavy (non-hydrogen) atoms. The van der Waals surface area contributed by atoms with E-state index in [2.05, 4.69) is 5.32 Å². The summed E-state index contributed by atoms with van der Waals surface area (Å²) < 4.78 is 5.26. The molecule has 0 atom stereocenters. The summed E-state index contributed by atoms with van der Waals surface area (Å²) in [6.45, 7) is 4.88. The molecule has 6 heteroatoms. The number of rotatable bonds is 8. The smallest absolute Gasteiger partial charge is 0.233 e. The van der Waals surface area contributed by atoms with Gasteiger partial charge >= 0.3 is 0 Å². The van der Waals surface area contributed by atoms with Gasteiger partial charge in [0.05, 0.1) is 12.7 Å². The molecule has 0 aromatic rings. The molecule has 0 aliphatic rings. The van der Waals surface area contributed by atoms with E-state index < -0.39 is 0 Å².